The molecule has 4 fully saturated rings. The molecule has 6 atom stereocenters. The van der Waals surface area contributed by atoms with Crippen LogP contribution >= 0.6 is 0 Å². The minimum Gasteiger partial charge on any atom is -0.369 e. The topological polar surface area (TPSA) is 12.5 Å². The van der Waals surface area contributed by atoms with E-state index in [1.54, 1.807) is 0 Å². The van der Waals surface area contributed by atoms with E-state index in [1.807, 2.05) is 0 Å². The zero-order valence-electron chi connectivity index (χ0n) is 14.0. The van der Waals surface area contributed by atoms with Gasteiger partial charge < -0.3 is 4.74 Å². The third kappa shape index (κ3) is 1.39. The fourth-order valence-electron chi connectivity index (χ4n) is 7.72. The Kier molecular flexibility index (Phi) is 2.26. The highest BCUT2D eigenvalue weighted by Gasteiger charge is 2.70. The lowest BCUT2D eigenvalue weighted by Crippen LogP contribution is -2.63. The highest BCUT2D eigenvalue weighted by atomic mass is 16.6. The summed E-state index contributed by atoms with van der Waals surface area (Å²) in [6.45, 7) is 8.81. The molecule has 0 aromatic rings. The first-order valence-corrected chi connectivity index (χ1v) is 9.26. The van der Waals surface area contributed by atoms with Gasteiger partial charge in [-0.15, -0.1) is 0 Å². The number of hydrogen-bond donors (Lipinski definition) is 0. The monoisotopic (exact) mass is 286 g/mol. The third-order valence-electron chi connectivity index (χ3n) is 8.70. The Morgan fingerprint density at radius 3 is 2.38 bits per heavy atom. The van der Waals surface area contributed by atoms with E-state index in [0.29, 0.717) is 21.8 Å². The van der Waals surface area contributed by atoms with Gasteiger partial charge in [0.05, 0.1) is 12.2 Å². The Balaban J connectivity index is 1.57. The Bertz CT molecular complexity index is 514. The summed E-state index contributed by atoms with van der Waals surface area (Å²) < 4.78 is 5.97. The molecule has 0 unspecified atom stereocenters. The molecule has 0 amide bonds. The van der Waals surface area contributed by atoms with Gasteiger partial charge in [0.1, 0.15) is 0 Å². The highest BCUT2D eigenvalue weighted by molar-refractivity contribution is 5.33. The van der Waals surface area contributed by atoms with Crippen molar-refractivity contribution in [2.45, 2.75) is 71.3 Å². The molecule has 0 bridgehead atoms. The summed E-state index contributed by atoms with van der Waals surface area (Å²) in [4.78, 5) is 0. The normalized spacial score (nSPS) is 59.7. The molecule has 0 N–H and O–H groups in total. The second kappa shape index (κ2) is 3.61. The van der Waals surface area contributed by atoms with Crippen molar-refractivity contribution in [2.75, 3.05) is 6.61 Å². The van der Waals surface area contributed by atoms with Gasteiger partial charge in [-0.05, 0) is 61.2 Å². The zero-order valence-corrected chi connectivity index (χ0v) is 14.0. The van der Waals surface area contributed by atoms with Crippen molar-refractivity contribution >= 4 is 0 Å². The first-order chi connectivity index (χ1) is 9.93. The van der Waals surface area contributed by atoms with Crippen LogP contribution in [0.15, 0.2) is 12.2 Å². The van der Waals surface area contributed by atoms with Gasteiger partial charge in [0.15, 0.2) is 0 Å². The summed E-state index contributed by atoms with van der Waals surface area (Å²) in [5.74, 6) is 2.62. The number of allylic oxidation sites excluding steroid dienone is 1. The average Bonchev–Trinajstić information content (AvgIpc) is 3.13. The molecule has 1 heteroatoms. The first-order valence-electron chi connectivity index (χ1n) is 9.26. The van der Waals surface area contributed by atoms with Crippen molar-refractivity contribution in [2.24, 2.45) is 34.0 Å². The Morgan fingerprint density at radius 2 is 1.71 bits per heavy atom. The molecule has 0 radical (unpaired) electrons. The number of hydrogen-bond acceptors (Lipinski definition) is 1. The molecule has 1 nitrogen and oxygen atoms in total. The van der Waals surface area contributed by atoms with Crippen molar-refractivity contribution in [1.82, 2.24) is 0 Å². The zero-order chi connectivity index (χ0) is 14.5. The summed E-state index contributed by atoms with van der Waals surface area (Å²) >= 11 is 0. The first kappa shape index (κ1) is 13.2. The van der Waals surface area contributed by atoms with Crippen molar-refractivity contribution in [3.8, 4) is 0 Å². The van der Waals surface area contributed by atoms with E-state index in [0.717, 1.165) is 24.4 Å². The Hall–Kier alpha value is -0.300. The number of rotatable bonds is 0. The van der Waals surface area contributed by atoms with E-state index >= 15 is 0 Å². The van der Waals surface area contributed by atoms with Gasteiger partial charge in [0, 0.05) is 11.3 Å². The molecule has 21 heavy (non-hydrogen) atoms. The number of fused-ring (bicyclic) bond motifs is 3. The lowest BCUT2D eigenvalue weighted by molar-refractivity contribution is -0.166. The SMILES string of the molecule is CC1(C)CCC[C@]2(C)[C@H]3CC[C@]4(CO4)[C@H]4C=C[C@]43CC[C@@H]12. The third-order valence-corrected chi connectivity index (χ3v) is 8.70. The van der Waals surface area contributed by atoms with Crippen molar-refractivity contribution in [3.05, 3.63) is 12.2 Å². The van der Waals surface area contributed by atoms with Gasteiger partial charge >= 0.3 is 0 Å². The summed E-state index contributed by atoms with van der Waals surface area (Å²) in [6.07, 6.45) is 15.1. The quantitative estimate of drug-likeness (QED) is 0.453. The average molecular weight is 286 g/mol. The van der Waals surface area contributed by atoms with Crippen LogP contribution in [-0.4, -0.2) is 12.2 Å². The Labute approximate surface area is 129 Å². The maximum atomic E-state index is 5.97. The minimum atomic E-state index is 0.290. The predicted octanol–water partition coefficient (Wildman–Crippen LogP) is 4.96. The summed E-state index contributed by atoms with van der Waals surface area (Å²) in [5.41, 5.74) is 1.95. The van der Waals surface area contributed by atoms with E-state index in [9.17, 15) is 0 Å². The summed E-state index contributed by atoms with van der Waals surface area (Å²) in [5, 5.41) is 0. The van der Waals surface area contributed by atoms with Crippen LogP contribution in [0.2, 0.25) is 0 Å². The molecule has 1 heterocycles. The van der Waals surface area contributed by atoms with Crippen molar-refractivity contribution in [3.63, 3.8) is 0 Å². The van der Waals surface area contributed by atoms with E-state index in [-0.39, 0.29) is 0 Å². The summed E-state index contributed by atoms with van der Waals surface area (Å²) in [7, 11) is 0. The van der Waals surface area contributed by atoms with E-state index in [1.165, 1.54) is 44.9 Å². The molecular weight excluding hydrogens is 256 g/mol. The van der Waals surface area contributed by atoms with Crippen LogP contribution in [0, 0.1) is 34.0 Å². The maximum absolute atomic E-state index is 5.97. The molecule has 2 spiro atoms. The van der Waals surface area contributed by atoms with Crippen molar-refractivity contribution in [1.29, 1.82) is 0 Å². The van der Waals surface area contributed by atoms with Gasteiger partial charge in [-0.1, -0.05) is 39.3 Å². The van der Waals surface area contributed by atoms with Gasteiger partial charge in [0.25, 0.3) is 0 Å². The molecular formula is C20H30O. The second-order valence-electron chi connectivity index (χ2n) is 9.83. The maximum Gasteiger partial charge on any atom is 0.0987 e. The number of epoxide rings is 1. The fraction of sp³-hybridized carbons (Fsp3) is 0.900. The van der Waals surface area contributed by atoms with Crippen LogP contribution in [0.3, 0.4) is 0 Å². The highest BCUT2D eigenvalue weighted by Crippen LogP contribution is 2.74. The Morgan fingerprint density at radius 1 is 0.952 bits per heavy atom. The molecule has 5 aliphatic rings. The standard InChI is InChI=1S/C20H30O/c1-17(2)8-4-9-18(3)14(17)5-10-19-11-6-16(19)20(13-21-20)12-7-15(18)19/h6,11,14-16H,4-5,7-10,12-13H2,1-3H3/t14-,15+,16-,18-,19-,20-/m0/s1. The van der Waals surface area contributed by atoms with Crippen LogP contribution in [0.5, 0.6) is 0 Å². The van der Waals surface area contributed by atoms with Crippen LogP contribution in [0.25, 0.3) is 0 Å². The van der Waals surface area contributed by atoms with Crippen LogP contribution < -0.4 is 0 Å². The molecule has 5 rings (SSSR count). The fourth-order valence-corrected chi connectivity index (χ4v) is 7.72. The van der Waals surface area contributed by atoms with Crippen molar-refractivity contribution < 1.29 is 4.74 Å². The van der Waals surface area contributed by atoms with Gasteiger partial charge in [-0.2, -0.15) is 0 Å². The van der Waals surface area contributed by atoms with Crippen LogP contribution in [0.1, 0.15) is 65.7 Å². The number of ether oxygens (including phenoxy) is 1. The van der Waals surface area contributed by atoms with Gasteiger partial charge in [-0.25, -0.2) is 0 Å². The predicted molar refractivity (Wildman–Crippen MR) is 84.9 cm³/mol. The van der Waals surface area contributed by atoms with Gasteiger partial charge in [0.2, 0.25) is 0 Å². The van der Waals surface area contributed by atoms with Crippen LogP contribution in [-0.2, 0) is 4.74 Å². The summed E-state index contributed by atoms with van der Waals surface area (Å²) in [6, 6.07) is 0. The van der Waals surface area contributed by atoms with E-state index in [4.69, 9.17) is 4.74 Å². The van der Waals surface area contributed by atoms with E-state index in [2.05, 4.69) is 32.9 Å². The molecule has 0 aromatic carbocycles. The molecule has 1 aliphatic heterocycles. The lowest BCUT2D eigenvalue weighted by Gasteiger charge is -2.68. The molecule has 1 saturated heterocycles. The minimum absolute atomic E-state index is 0.290. The largest absolute Gasteiger partial charge is 0.369 e. The molecule has 0 aromatic heterocycles. The lowest BCUT2D eigenvalue weighted by atomic mass is 9.36. The smallest absolute Gasteiger partial charge is 0.0987 e. The van der Waals surface area contributed by atoms with Crippen LogP contribution in [0.4, 0.5) is 0 Å². The van der Waals surface area contributed by atoms with E-state index < -0.39 is 0 Å². The van der Waals surface area contributed by atoms with Gasteiger partial charge in [-0.3, -0.25) is 0 Å². The molecule has 116 valence electrons. The second-order valence-corrected chi connectivity index (χ2v) is 9.83. The molecule has 4 aliphatic carbocycles. The molecule has 3 saturated carbocycles.